The predicted octanol–water partition coefficient (Wildman–Crippen LogP) is 4.35. The van der Waals surface area contributed by atoms with E-state index >= 15 is 0 Å². The van der Waals surface area contributed by atoms with E-state index in [9.17, 15) is 4.79 Å². The molecule has 0 fully saturated rings. The first kappa shape index (κ1) is 15.5. The summed E-state index contributed by atoms with van der Waals surface area (Å²) in [6, 6.07) is 14.9. The molecule has 1 aromatic carbocycles. The smallest absolute Gasteiger partial charge is 0.271 e. The van der Waals surface area contributed by atoms with E-state index < -0.39 is 0 Å². The number of hydrogen-bond donors (Lipinski definition) is 1. The Bertz CT molecular complexity index is 835. The van der Waals surface area contributed by atoms with Crippen molar-refractivity contribution in [3.8, 4) is 5.69 Å². The Morgan fingerprint density at radius 3 is 2.43 bits per heavy atom. The third-order valence-corrected chi connectivity index (χ3v) is 4.63. The third-order valence-electron chi connectivity index (χ3n) is 3.29. The number of carbonyl (C=O) groups excluding carboxylic acids is 1. The van der Waals surface area contributed by atoms with Gasteiger partial charge >= 0.3 is 0 Å². The SMILES string of the molecule is C/C(=N\NC(=O)c1ccc(-n2cccc2)cc1)c1ccc(Cl)s1. The summed E-state index contributed by atoms with van der Waals surface area (Å²) in [5.74, 6) is -0.244. The van der Waals surface area contributed by atoms with Crippen LogP contribution in [0.5, 0.6) is 0 Å². The van der Waals surface area contributed by atoms with Gasteiger partial charge in [0.15, 0.2) is 0 Å². The Balaban J connectivity index is 1.68. The Morgan fingerprint density at radius 1 is 1.13 bits per heavy atom. The molecular weight excluding hydrogens is 330 g/mol. The van der Waals surface area contributed by atoms with Crippen molar-refractivity contribution in [3.63, 3.8) is 0 Å². The lowest BCUT2D eigenvalue weighted by Gasteiger charge is -2.05. The first-order valence-electron chi connectivity index (χ1n) is 6.97. The van der Waals surface area contributed by atoms with Crippen LogP contribution in [0.15, 0.2) is 66.0 Å². The summed E-state index contributed by atoms with van der Waals surface area (Å²) >= 11 is 7.32. The minimum atomic E-state index is -0.244. The molecule has 3 aromatic rings. The van der Waals surface area contributed by atoms with Gasteiger partial charge in [0.2, 0.25) is 0 Å². The number of nitrogens with one attached hydrogen (secondary N) is 1. The predicted molar refractivity (Wildman–Crippen MR) is 94.8 cm³/mol. The van der Waals surface area contributed by atoms with E-state index in [0.29, 0.717) is 9.90 Å². The van der Waals surface area contributed by atoms with Crippen LogP contribution in [-0.2, 0) is 0 Å². The number of thiophene rings is 1. The fraction of sp³-hybridized carbons (Fsp3) is 0.0588. The highest BCUT2D eigenvalue weighted by Gasteiger charge is 2.06. The topological polar surface area (TPSA) is 46.4 Å². The zero-order chi connectivity index (χ0) is 16.2. The van der Waals surface area contributed by atoms with Crippen molar-refractivity contribution in [1.82, 2.24) is 9.99 Å². The third kappa shape index (κ3) is 3.70. The van der Waals surface area contributed by atoms with Crippen molar-refractivity contribution in [2.24, 2.45) is 5.10 Å². The highest BCUT2D eigenvalue weighted by molar-refractivity contribution is 7.18. The normalized spacial score (nSPS) is 11.5. The van der Waals surface area contributed by atoms with Crippen LogP contribution in [0.4, 0.5) is 0 Å². The molecule has 0 radical (unpaired) electrons. The lowest BCUT2D eigenvalue weighted by atomic mass is 10.2. The molecule has 23 heavy (non-hydrogen) atoms. The summed E-state index contributed by atoms with van der Waals surface area (Å²) in [5.41, 5.74) is 4.84. The molecule has 6 heteroatoms. The van der Waals surface area contributed by atoms with E-state index in [0.717, 1.165) is 16.3 Å². The summed E-state index contributed by atoms with van der Waals surface area (Å²) in [6.07, 6.45) is 3.91. The number of nitrogens with zero attached hydrogens (tertiary/aromatic N) is 2. The van der Waals surface area contributed by atoms with Gasteiger partial charge in [0.1, 0.15) is 0 Å². The van der Waals surface area contributed by atoms with E-state index in [4.69, 9.17) is 11.6 Å². The second-order valence-electron chi connectivity index (χ2n) is 4.88. The van der Waals surface area contributed by atoms with Crippen LogP contribution >= 0.6 is 22.9 Å². The number of hydrogen-bond acceptors (Lipinski definition) is 3. The van der Waals surface area contributed by atoms with Gasteiger partial charge in [0.25, 0.3) is 5.91 Å². The average Bonchev–Trinajstić information content (AvgIpc) is 3.24. The van der Waals surface area contributed by atoms with Crippen molar-refractivity contribution >= 4 is 34.6 Å². The summed E-state index contributed by atoms with van der Waals surface area (Å²) in [7, 11) is 0. The maximum Gasteiger partial charge on any atom is 0.271 e. The van der Waals surface area contributed by atoms with Gasteiger partial charge in [-0.25, -0.2) is 5.43 Å². The molecule has 1 amide bonds. The van der Waals surface area contributed by atoms with E-state index in [1.54, 1.807) is 12.1 Å². The summed E-state index contributed by atoms with van der Waals surface area (Å²) in [4.78, 5) is 13.1. The minimum Gasteiger partial charge on any atom is -0.324 e. The minimum absolute atomic E-state index is 0.244. The zero-order valence-corrected chi connectivity index (χ0v) is 13.9. The fourth-order valence-electron chi connectivity index (χ4n) is 2.05. The van der Waals surface area contributed by atoms with Crippen molar-refractivity contribution < 1.29 is 4.79 Å². The van der Waals surface area contributed by atoms with Crippen LogP contribution in [-0.4, -0.2) is 16.2 Å². The van der Waals surface area contributed by atoms with Crippen LogP contribution < -0.4 is 5.43 Å². The molecular formula is C17H14ClN3OS. The van der Waals surface area contributed by atoms with Gasteiger partial charge in [0.05, 0.1) is 14.9 Å². The van der Waals surface area contributed by atoms with E-state index in [-0.39, 0.29) is 5.91 Å². The average molecular weight is 344 g/mol. The van der Waals surface area contributed by atoms with Crippen molar-refractivity contribution in [3.05, 3.63) is 75.7 Å². The molecule has 4 nitrogen and oxygen atoms in total. The molecule has 0 saturated heterocycles. The maximum atomic E-state index is 12.1. The second kappa shape index (κ2) is 6.81. The Kier molecular flexibility index (Phi) is 4.60. The van der Waals surface area contributed by atoms with Gasteiger partial charge in [-0.2, -0.15) is 5.10 Å². The zero-order valence-electron chi connectivity index (χ0n) is 12.4. The van der Waals surface area contributed by atoms with Gasteiger partial charge < -0.3 is 4.57 Å². The van der Waals surface area contributed by atoms with E-state index in [1.807, 2.05) is 60.3 Å². The number of hydrazone groups is 1. The molecule has 2 heterocycles. The van der Waals surface area contributed by atoms with Gasteiger partial charge in [-0.1, -0.05) is 11.6 Å². The van der Waals surface area contributed by atoms with Crippen LogP contribution in [0.2, 0.25) is 4.34 Å². The van der Waals surface area contributed by atoms with Gasteiger partial charge in [-0.05, 0) is 55.5 Å². The molecule has 0 atom stereocenters. The van der Waals surface area contributed by atoms with Crippen LogP contribution in [0.1, 0.15) is 22.2 Å². The van der Waals surface area contributed by atoms with Crippen LogP contribution in [0.3, 0.4) is 0 Å². The Morgan fingerprint density at radius 2 is 1.83 bits per heavy atom. The first-order chi connectivity index (χ1) is 11.1. The first-order valence-corrected chi connectivity index (χ1v) is 8.17. The van der Waals surface area contributed by atoms with Crippen LogP contribution in [0.25, 0.3) is 5.69 Å². The Labute approximate surface area is 143 Å². The number of aromatic nitrogens is 1. The standard InChI is InChI=1S/C17H14ClN3OS/c1-12(15-8-9-16(18)23-15)19-20-17(22)13-4-6-14(7-5-13)21-10-2-3-11-21/h2-11H,1H3,(H,20,22)/b19-12+. The molecule has 3 rings (SSSR count). The summed E-state index contributed by atoms with van der Waals surface area (Å²) in [5, 5.41) is 4.12. The molecule has 1 N–H and O–H groups in total. The van der Waals surface area contributed by atoms with Crippen molar-refractivity contribution in [2.45, 2.75) is 6.92 Å². The second-order valence-corrected chi connectivity index (χ2v) is 6.59. The van der Waals surface area contributed by atoms with E-state index in [2.05, 4.69) is 10.5 Å². The number of benzene rings is 1. The maximum absolute atomic E-state index is 12.1. The number of carbonyl (C=O) groups is 1. The molecule has 2 aromatic heterocycles. The molecule has 0 aliphatic carbocycles. The molecule has 116 valence electrons. The molecule has 0 aliphatic heterocycles. The molecule has 0 spiro atoms. The molecule has 0 bridgehead atoms. The summed E-state index contributed by atoms with van der Waals surface area (Å²) < 4.78 is 2.67. The van der Waals surface area contributed by atoms with Crippen molar-refractivity contribution in [1.29, 1.82) is 0 Å². The number of amides is 1. The lowest BCUT2D eigenvalue weighted by molar-refractivity contribution is 0.0955. The van der Waals surface area contributed by atoms with E-state index in [1.165, 1.54) is 11.3 Å². The quantitative estimate of drug-likeness (QED) is 0.555. The molecule has 0 unspecified atom stereocenters. The lowest BCUT2D eigenvalue weighted by Crippen LogP contribution is -2.19. The van der Waals surface area contributed by atoms with Gasteiger partial charge in [-0.15, -0.1) is 11.3 Å². The molecule has 0 aliphatic rings. The van der Waals surface area contributed by atoms with Gasteiger partial charge in [0, 0.05) is 23.6 Å². The number of rotatable bonds is 4. The number of halogens is 1. The monoisotopic (exact) mass is 343 g/mol. The van der Waals surface area contributed by atoms with Crippen molar-refractivity contribution in [2.75, 3.05) is 0 Å². The highest BCUT2D eigenvalue weighted by atomic mass is 35.5. The highest BCUT2D eigenvalue weighted by Crippen LogP contribution is 2.21. The largest absolute Gasteiger partial charge is 0.324 e. The Hall–Kier alpha value is -2.37. The summed E-state index contributed by atoms with van der Waals surface area (Å²) in [6.45, 7) is 1.83. The molecule has 0 saturated carbocycles. The fourth-order valence-corrected chi connectivity index (χ4v) is 3.04. The van der Waals surface area contributed by atoms with Crippen LogP contribution in [0, 0.1) is 0 Å². The van der Waals surface area contributed by atoms with Gasteiger partial charge in [-0.3, -0.25) is 4.79 Å².